The first-order chi connectivity index (χ1) is 14.5. The maximum atomic E-state index is 12.9. The molecule has 4 rings (SSSR count). The van der Waals surface area contributed by atoms with Crippen molar-refractivity contribution in [1.82, 2.24) is 4.90 Å². The van der Waals surface area contributed by atoms with Crippen molar-refractivity contribution in [3.8, 4) is 0 Å². The van der Waals surface area contributed by atoms with Crippen molar-refractivity contribution < 1.29 is 19.1 Å². The van der Waals surface area contributed by atoms with Crippen molar-refractivity contribution in [2.24, 2.45) is 0 Å². The van der Waals surface area contributed by atoms with Gasteiger partial charge in [-0.25, -0.2) is 0 Å². The molecule has 1 fully saturated rings. The van der Waals surface area contributed by atoms with E-state index in [4.69, 9.17) is 27.6 Å². The molecule has 7 heteroatoms. The van der Waals surface area contributed by atoms with Crippen LogP contribution in [0.1, 0.15) is 22.9 Å². The number of halogens is 2. The molecule has 0 bridgehead atoms. The summed E-state index contributed by atoms with van der Waals surface area (Å²) in [6.07, 6.45) is 1.98. The lowest BCUT2D eigenvalue weighted by Gasteiger charge is -2.23. The summed E-state index contributed by atoms with van der Waals surface area (Å²) in [7, 11) is 0. The summed E-state index contributed by atoms with van der Waals surface area (Å²) >= 11 is 12.0. The number of rotatable bonds is 5. The average molecular weight is 442 g/mol. The third-order valence-corrected chi connectivity index (χ3v) is 5.49. The van der Waals surface area contributed by atoms with Crippen molar-refractivity contribution in [3.05, 3.63) is 99.4 Å². The minimum absolute atomic E-state index is 0.0201. The highest BCUT2D eigenvalue weighted by atomic mass is 35.5. The number of ketones is 1. The van der Waals surface area contributed by atoms with E-state index in [1.807, 2.05) is 12.1 Å². The van der Waals surface area contributed by atoms with Gasteiger partial charge in [-0.15, -0.1) is 0 Å². The summed E-state index contributed by atoms with van der Waals surface area (Å²) in [4.78, 5) is 27.1. The number of carbonyl (C=O) groups excluding carboxylic acids is 2. The van der Waals surface area contributed by atoms with Crippen LogP contribution in [0.5, 0.6) is 0 Å². The van der Waals surface area contributed by atoms with Crippen LogP contribution in [0, 0.1) is 0 Å². The van der Waals surface area contributed by atoms with E-state index in [9.17, 15) is 14.7 Å². The smallest absolute Gasteiger partial charge is 0.295 e. The molecule has 1 atom stereocenters. The number of nitrogens with zero attached hydrogens (tertiary/aromatic N) is 1. The topological polar surface area (TPSA) is 70.8 Å². The maximum absolute atomic E-state index is 12.9. The zero-order valence-electron chi connectivity index (χ0n) is 15.7. The number of carbonyl (C=O) groups is 2. The standard InChI is InChI=1S/C23H17Cl2NO4/c24-16-8-6-14(7-9-16)10-11-26-20(18-5-2-12-30-18)19(22(28)23(26)29)21(27)15-3-1-4-17(25)13-15/h1-9,12-13,20,27H,10-11H2/b21-19-. The van der Waals surface area contributed by atoms with Crippen molar-refractivity contribution in [1.29, 1.82) is 0 Å². The van der Waals surface area contributed by atoms with Gasteiger partial charge < -0.3 is 14.4 Å². The highest BCUT2D eigenvalue weighted by Crippen LogP contribution is 2.39. The maximum Gasteiger partial charge on any atom is 0.295 e. The predicted molar refractivity (Wildman–Crippen MR) is 114 cm³/mol. The third kappa shape index (κ3) is 3.86. The molecule has 2 aromatic carbocycles. The number of Topliss-reactive ketones (excluding diaryl/α,β-unsaturated/α-hetero) is 1. The molecule has 1 unspecified atom stereocenters. The number of likely N-dealkylation sites (tertiary alicyclic amines) is 1. The monoisotopic (exact) mass is 441 g/mol. The second-order valence-electron chi connectivity index (χ2n) is 6.89. The molecule has 0 saturated carbocycles. The fourth-order valence-electron chi connectivity index (χ4n) is 3.55. The lowest BCUT2D eigenvalue weighted by atomic mass is 9.99. The van der Waals surface area contributed by atoms with Crippen LogP contribution < -0.4 is 0 Å². The van der Waals surface area contributed by atoms with Gasteiger partial charge in [-0.3, -0.25) is 9.59 Å². The quantitative estimate of drug-likeness (QED) is 0.333. The van der Waals surface area contributed by atoms with Gasteiger partial charge in [0.05, 0.1) is 11.8 Å². The van der Waals surface area contributed by atoms with E-state index in [0.29, 0.717) is 27.8 Å². The molecule has 1 aliphatic rings. The molecule has 1 saturated heterocycles. The molecule has 1 aliphatic heterocycles. The van der Waals surface area contributed by atoms with Gasteiger partial charge in [0.1, 0.15) is 17.6 Å². The first-order valence-electron chi connectivity index (χ1n) is 9.28. The highest BCUT2D eigenvalue weighted by Gasteiger charge is 2.47. The molecule has 0 radical (unpaired) electrons. The summed E-state index contributed by atoms with van der Waals surface area (Å²) in [6.45, 7) is 0.268. The average Bonchev–Trinajstić information content (AvgIpc) is 3.35. The summed E-state index contributed by atoms with van der Waals surface area (Å²) in [5.74, 6) is -1.33. The Hall–Kier alpha value is -3.02. The molecule has 0 spiro atoms. The Labute approximate surface area is 183 Å². The highest BCUT2D eigenvalue weighted by molar-refractivity contribution is 6.46. The largest absolute Gasteiger partial charge is 0.507 e. The number of benzene rings is 2. The minimum atomic E-state index is -0.828. The van der Waals surface area contributed by atoms with Gasteiger partial charge in [-0.2, -0.15) is 0 Å². The molecule has 0 aliphatic carbocycles. The Balaban J connectivity index is 1.73. The number of amides is 1. The van der Waals surface area contributed by atoms with Crippen molar-refractivity contribution in [2.45, 2.75) is 12.5 Å². The summed E-state index contributed by atoms with van der Waals surface area (Å²) < 4.78 is 5.52. The van der Waals surface area contributed by atoms with E-state index >= 15 is 0 Å². The first kappa shape index (κ1) is 20.3. The van der Waals surface area contributed by atoms with Crippen LogP contribution in [0.25, 0.3) is 5.76 Å². The van der Waals surface area contributed by atoms with E-state index in [2.05, 4.69) is 0 Å². The Morgan fingerprint density at radius 1 is 1.00 bits per heavy atom. The number of hydrogen-bond donors (Lipinski definition) is 1. The Bertz CT molecular complexity index is 1120. The van der Waals surface area contributed by atoms with Crippen LogP contribution in [0.3, 0.4) is 0 Å². The van der Waals surface area contributed by atoms with E-state index in [0.717, 1.165) is 5.56 Å². The van der Waals surface area contributed by atoms with Gasteiger partial charge >= 0.3 is 0 Å². The molecule has 1 amide bonds. The third-order valence-electron chi connectivity index (χ3n) is 5.01. The number of furan rings is 1. The zero-order valence-corrected chi connectivity index (χ0v) is 17.2. The van der Waals surface area contributed by atoms with Crippen molar-refractivity contribution in [3.63, 3.8) is 0 Å². The van der Waals surface area contributed by atoms with Gasteiger partial charge in [-0.1, -0.05) is 47.5 Å². The molecule has 2 heterocycles. The fraction of sp³-hybridized carbons (Fsp3) is 0.130. The Kier molecular flexibility index (Phi) is 5.66. The van der Waals surface area contributed by atoms with Gasteiger partial charge in [0, 0.05) is 22.2 Å². The molecule has 30 heavy (non-hydrogen) atoms. The van der Waals surface area contributed by atoms with E-state index in [1.165, 1.54) is 17.2 Å². The summed E-state index contributed by atoms with van der Waals surface area (Å²) in [5, 5.41) is 11.9. The zero-order chi connectivity index (χ0) is 21.3. The summed E-state index contributed by atoms with van der Waals surface area (Å²) in [5.41, 5.74) is 1.30. The Morgan fingerprint density at radius 2 is 1.77 bits per heavy atom. The normalized spacial score (nSPS) is 18.2. The van der Waals surface area contributed by atoms with Gasteiger partial charge in [0.25, 0.3) is 11.7 Å². The van der Waals surface area contributed by atoms with Crippen LogP contribution in [0.2, 0.25) is 10.0 Å². The molecule has 1 N–H and O–H groups in total. The van der Waals surface area contributed by atoms with Crippen molar-refractivity contribution in [2.75, 3.05) is 6.54 Å². The number of aliphatic hydroxyl groups is 1. The van der Waals surface area contributed by atoms with Crippen LogP contribution >= 0.6 is 23.2 Å². The minimum Gasteiger partial charge on any atom is -0.507 e. The van der Waals surface area contributed by atoms with Gasteiger partial charge in [0.15, 0.2) is 0 Å². The number of aliphatic hydroxyl groups excluding tert-OH is 1. The van der Waals surface area contributed by atoms with Crippen LogP contribution in [-0.2, 0) is 16.0 Å². The van der Waals surface area contributed by atoms with Gasteiger partial charge in [0.2, 0.25) is 0 Å². The molecule has 5 nitrogen and oxygen atoms in total. The molecular weight excluding hydrogens is 425 g/mol. The molecule has 1 aromatic heterocycles. The summed E-state index contributed by atoms with van der Waals surface area (Å²) in [6, 6.07) is 16.3. The van der Waals surface area contributed by atoms with E-state index < -0.39 is 17.7 Å². The van der Waals surface area contributed by atoms with Crippen molar-refractivity contribution >= 4 is 40.7 Å². The molecule has 3 aromatic rings. The first-order valence-corrected chi connectivity index (χ1v) is 10.0. The second kappa shape index (κ2) is 8.38. The van der Waals surface area contributed by atoms with Gasteiger partial charge in [-0.05, 0) is 48.4 Å². The molecular formula is C23H17Cl2NO4. The van der Waals surface area contributed by atoms with Crippen LogP contribution in [-0.4, -0.2) is 28.2 Å². The van der Waals surface area contributed by atoms with E-state index in [-0.39, 0.29) is 17.9 Å². The SMILES string of the molecule is O=C1C(=O)N(CCc2ccc(Cl)cc2)C(c2ccco2)/C1=C(/O)c1cccc(Cl)c1. The lowest BCUT2D eigenvalue weighted by molar-refractivity contribution is -0.140. The molecule has 152 valence electrons. The second-order valence-corrected chi connectivity index (χ2v) is 7.77. The number of hydrogen-bond acceptors (Lipinski definition) is 4. The van der Waals surface area contributed by atoms with Crippen LogP contribution in [0.4, 0.5) is 0 Å². The van der Waals surface area contributed by atoms with E-state index in [1.54, 1.807) is 42.5 Å². The lowest BCUT2D eigenvalue weighted by Crippen LogP contribution is -2.31. The fourth-order valence-corrected chi connectivity index (χ4v) is 3.86. The predicted octanol–water partition coefficient (Wildman–Crippen LogP) is 5.25. The van der Waals surface area contributed by atoms with Crippen LogP contribution in [0.15, 0.2) is 76.9 Å². The Morgan fingerprint density at radius 3 is 2.43 bits per heavy atom.